The Bertz CT molecular complexity index is 844. The summed E-state index contributed by atoms with van der Waals surface area (Å²) in [6.07, 6.45) is 5.78. The second-order valence-electron chi connectivity index (χ2n) is 6.61. The number of aromatic nitrogens is 2. The number of ether oxygens (including phenoxy) is 1. The van der Waals surface area contributed by atoms with Crippen LogP contribution in [0.4, 0.5) is 0 Å². The molecule has 0 saturated carbocycles. The van der Waals surface area contributed by atoms with Crippen molar-refractivity contribution < 1.29 is 4.74 Å². The summed E-state index contributed by atoms with van der Waals surface area (Å²) in [6.45, 7) is 10.4. The van der Waals surface area contributed by atoms with E-state index in [1.807, 2.05) is 38.1 Å². The molecule has 1 atom stereocenters. The van der Waals surface area contributed by atoms with Crippen molar-refractivity contribution in [3.63, 3.8) is 0 Å². The summed E-state index contributed by atoms with van der Waals surface area (Å²) in [5.41, 5.74) is 3.05. The Hall–Kier alpha value is -2.54. The third-order valence-corrected chi connectivity index (χ3v) is 4.02. The first-order valence-corrected chi connectivity index (χ1v) is 8.71. The van der Waals surface area contributed by atoms with E-state index in [4.69, 9.17) is 11.2 Å². The van der Waals surface area contributed by atoms with Gasteiger partial charge in [0.15, 0.2) is 11.9 Å². The third kappa shape index (κ3) is 4.11. The molecular formula is C21H26N2O2. The standard InChI is InChI=1S/C21H26N2O2/c1-7-16(6)25-20-18(13-14(3)4)22-23(8-2)21(24)19(20)17-12-10-9-11-15(17)5/h1,9-12,14,16H,8,13H2,2-6H3. The fourth-order valence-electron chi connectivity index (χ4n) is 2.77. The highest BCUT2D eigenvalue weighted by atomic mass is 16.5. The van der Waals surface area contributed by atoms with E-state index in [0.717, 1.165) is 16.8 Å². The number of hydrogen-bond acceptors (Lipinski definition) is 3. The zero-order valence-electron chi connectivity index (χ0n) is 15.7. The molecule has 1 heterocycles. The lowest BCUT2D eigenvalue weighted by Crippen LogP contribution is -2.28. The fraction of sp³-hybridized carbons (Fsp3) is 0.429. The molecule has 0 aliphatic carbocycles. The van der Waals surface area contributed by atoms with Crippen molar-refractivity contribution in [2.75, 3.05) is 0 Å². The van der Waals surface area contributed by atoms with Crippen molar-refractivity contribution in [1.29, 1.82) is 0 Å². The molecule has 0 spiro atoms. The van der Waals surface area contributed by atoms with Gasteiger partial charge in [-0.3, -0.25) is 4.79 Å². The van der Waals surface area contributed by atoms with Crippen LogP contribution in [0.2, 0.25) is 0 Å². The molecule has 0 bridgehead atoms. The molecule has 0 saturated heterocycles. The van der Waals surface area contributed by atoms with Crippen molar-refractivity contribution in [3.8, 4) is 29.2 Å². The van der Waals surface area contributed by atoms with Crippen LogP contribution < -0.4 is 10.3 Å². The molecular weight excluding hydrogens is 312 g/mol. The fourth-order valence-corrected chi connectivity index (χ4v) is 2.77. The van der Waals surface area contributed by atoms with Crippen LogP contribution in [0.25, 0.3) is 11.1 Å². The maximum atomic E-state index is 13.1. The van der Waals surface area contributed by atoms with Gasteiger partial charge in [0.2, 0.25) is 0 Å². The van der Waals surface area contributed by atoms with Crippen LogP contribution in [0.1, 0.15) is 39.0 Å². The number of rotatable bonds is 6. The van der Waals surface area contributed by atoms with E-state index in [-0.39, 0.29) is 5.56 Å². The van der Waals surface area contributed by atoms with Gasteiger partial charge in [-0.15, -0.1) is 6.42 Å². The lowest BCUT2D eigenvalue weighted by atomic mass is 9.98. The molecule has 1 aromatic heterocycles. The Morgan fingerprint density at radius 3 is 2.52 bits per heavy atom. The number of benzene rings is 1. The molecule has 2 aromatic rings. The van der Waals surface area contributed by atoms with E-state index in [9.17, 15) is 4.79 Å². The average Bonchev–Trinajstić information content (AvgIpc) is 2.58. The number of hydrogen-bond donors (Lipinski definition) is 0. The van der Waals surface area contributed by atoms with Gasteiger partial charge in [0.05, 0.1) is 5.56 Å². The van der Waals surface area contributed by atoms with E-state index >= 15 is 0 Å². The van der Waals surface area contributed by atoms with Gasteiger partial charge in [0.25, 0.3) is 5.56 Å². The summed E-state index contributed by atoms with van der Waals surface area (Å²) in [4.78, 5) is 13.1. The van der Waals surface area contributed by atoms with E-state index in [2.05, 4.69) is 24.9 Å². The topological polar surface area (TPSA) is 44.1 Å². The Kier molecular flexibility index (Phi) is 6.03. The van der Waals surface area contributed by atoms with Crippen molar-refractivity contribution in [2.45, 2.75) is 53.7 Å². The first-order chi connectivity index (χ1) is 11.9. The van der Waals surface area contributed by atoms with Crippen molar-refractivity contribution in [3.05, 3.63) is 45.9 Å². The van der Waals surface area contributed by atoms with E-state index < -0.39 is 6.10 Å². The highest BCUT2D eigenvalue weighted by Gasteiger charge is 2.22. The molecule has 0 amide bonds. The Morgan fingerprint density at radius 2 is 1.96 bits per heavy atom. The minimum Gasteiger partial charge on any atom is -0.475 e. The smallest absolute Gasteiger partial charge is 0.278 e. The summed E-state index contributed by atoms with van der Waals surface area (Å²) in [5, 5.41) is 4.54. The van der Waals surface area contributed by atoms with E-state index in [0.29, 0.717) is 30.2 Å². The molecule has 0 radical (unpaired) electrons. The number of nitrogens with zero attached hydrogens (tertiary/aromatic N) is 2. The maximum Gasteiger partial charge on any atom is 0.278 e. The van der Waals surface area contributed by atoms with E-state index in [1.54, 1.807) is 6.92 Å². The summed E-state index contributed by atoms with van der Waals surface area (Å²) in [5.74, 6) is 3.47. The quantitative estimate of drug-likeness (QED) is 0.752. The first-order valence-electron chi connectivity index (χ1n) is 8.71. The summed E-state index contributed by atoms with van der Waals surface area (Å²) >= 11 is 0. The van der Waals surface area contributed by atoms with Crippen LogP contribution in [-0.2, 0) is 13.0 Å². The van der Waals surface area contributed by atoms with Gasteiger partial charge in [-0.1, -0.05) is 44.0 Å². The summed E-state index contributed by atoms with van der Waals surface area (Å²) < 4.78 is 7.51. The van der Waals surface area contributed by atoms with Gasteiger partial charge in [-0.05, 0) is 44.2 Å². The first kappa shape index (κ1) is 18.8. The van der Waals surface area contributed by atoms with Gasteiger partial charge >= 0.3 is 0 Å². The molecule has 0 N–H and O–H groups in total. The molecule has 2 rings (SSSR count). The minimum absolute atomic E-state index is 0.150. The zero-order chi connectivity index (χ0) is 18.6. The highest BCUT2D eigenvalue weighted by Crippen LogP contribution is 2.33. The Balaban J connectivity index is 2.83. The minimum atomic E-state index is -0.438. The second-order valence-corrected chi connectivity index (χ2v) is 6.61. The molecule has 0 aliphatic heterocycles. The van der Waals surface area contributed by atoms with Gasteiger partial charge in [0.1, 0.15) is 5.69 Å². The molecule has 4 nitrogen and oxygen atoms in total. The lowest BCUT2D eigenvalue weighted by Gasteiger charge is -2.20. The van der Waals surface area contributed by atoms with Crippen LogP contribution in [0.5, 0.6) is 5.75 Å². The molecule has 132 valence electrons. The van der Waals surface area contributed by atoms with Crippen LogP contribution in [0.15, 0.2) is 29.1 Å². The largest absolute Gasteiger partial charge is 0.475 e. The maximum absolute atomic E-state index is 13.1. The van der Waals surface area contributed by atoms with Crippen LogP contribution >= 0.6 is 0 Å². The SMILES string of the molecule is C#CC(C)Oc1c(CC(C)C)nn(CC)c(=O)c1-c1ccccc1C. The monoisotopic (exact) mass is 338 g/mol. The Morgan fingerprint density at radius 1 is 1.28 bits per heavy atom. The van der Waals surface area contributed by atoms with Gasteiger partial charge in [0, 0.05) is 6.54 Å². The molecule has 1 aromatic carbocycles. The van der Waals surface area contributed by atoms with Crippen LogP contribution in [-0.4, -0.2) is 15.9 Å². The van der Waals surface area contributed by atoms with Gasteiger partial charge in [-0.2, -0.15) is 5.10 Å². The lowest BCUT2D eigenvalue weighted by molar-refractivity contribution is 0.272. The second kappa shape index (κ2) is 8.02. The predicted molar refractivity (Wildman–Crippen MR) is 102 cm³/mol. The Labute approximate surface area is 149 Å². The molecule has 4 heteroatoms. The van der Waals surface area contributed by atoms with Gasteiger partial charge in [-0.25, -0.2) is 4.68 Å². The van der Waals surface area contributed by atoms with Crippen molar-refractivity contribution >= 4 is 0 Å². The molecule has 25 heavy (non-hydrogen) atoms. The predicted octanol–water partition coefficient (Wildman–Crippen LogP) is 3.84. The third-order valence-electron chi connectivity index (χ3n) is 4.02. The molecule has 0 fully saturated rings. The summed E-state index contributed by atoms with van der Waals surface area (Å²) in [6, 6.07) is 7.81. The number of aryl methyl sites for hydroxylation is 2. The normalized spacial score (nSPS) is 12.0. The zero-order valence-corrected chi connectivity index (χ0v) is 15.7. The van der Waals surface area contributed by atoms with Gasteiger partial charge < -0.3 is 4.74 Å². The average molecular weight is 338 g/mol. The van der Waals surface area contributed by atoms with Crippen LogP contribution in [0.3, 0.4) is 0 Å². The number of terminal acetylenes is 1. The van der Waals surface area contributed by atoms with Crippen molar-refractivity contribution in [1.82, 2.24) is 9.78 Å². The molecule has 0 aliphatic rings. The molecule has 1 unspecified atom stereocenters. The van der Waals surface area contributed by atoms with Crippen LogP contribution in [0, 0.1) is 25.2 Å². The summed E-state index contributed by atoms with van der Waals surface area (Å²) in [7, 11) is 0. The van der Waals surface area contributed by atoms with Crippen molar-refractivity contribution in [2.24, 2.45) is 5.92 Å². The highest BCUT2D eigenvalue weighted by molar-refractivity contribution is 5.73. The van der Waals surface area contributed by atoms with E-state index in [1.165, 1.54) is 4.68 Å².